The van der Waals surface area contributed by atoms with Crippen LogP contribution in [0.15, 0.2) is 17.4 Å². The van der Waals surface area contributed by atoms with Gasteiger partial charge in [-0.25, -0.2) is 9.98 Å². The number of halogens is 3. The average Bonchev–Trinajstić information content (AvgIpc) is 2.89. The number of rotatable bonds is 8. The van der Waals surface area contributed by atoms with Gasteiger partial charge in [0.05, 0.1) is 6.61 Å². The summed E-state index contributed by atoms with van der Waals surface area (Å²) in [7, 11) is 0. The highest BCUT2D eigenvalue weighted by atomic mass is 127. The van der Waals surface area contributed by atoms with Crippen LogP contribution in [0.3, 0.4) is 0 Å². The van der Waals surface area contributed by atoms with Crippen LogP contribution < -0.4 is 10.6 Å². The molecular formula is C12H22F2IN5O. The van der Waals surface area contributed by atoms with Crippen LogP contribution in [0, 0.1) is 0 Å². The van der Waals surface area contributed by atoms with Crippen LogP contribution in [-0.4, -0.2) is 41.8 Å². The summed E-state index contributed by atoms with van der Waals surface area (Å²) in [5.41, 5.74) is 0. The SMILES string of the molecule is CCNC(=NCc1nccn1C(F)F)NCCOCC.I. The predicted molar refractivity (Wildman–Crippen MR) is 88.2 cm³/mol. The number of hydrogen-bond donors (Lipinski definition) is 2. The lowest BCUT2D eigenvalue weighted by molar-refractivity contribution is 0.0671. The quantitative estimate of drug-likeness (QED) is 0.294. The Balaban J connectivity index is 0.00000400. The molecule has 9 heteroatoms. The van der Waals surface area contributed by atoms with E-state index in [0.717, 1.165) is 4.57 Å². The van der Waals surface area contributed by atoms with Crippen molar-refractivity contribution in [2.24, 2.45) is 4.99 Å². The lowest BCUT2D eigenvalue weighted by atomic mass is 10.6. The molecule has 0 bridgehead atoms. The molecule has 0 saturated carbocycles. The molecule has 0 aliphatic rings. The van der Waals surface area contributed by atoms with E-state index in [2.05, 4.69) is 20.6 Å². The second-order valence-electron chi connectivity index (χ2n) is 3.85. The van der Waals surface area contributed by atoms with E-state index in [9.17, 15) is 8.78 Å². The van der Waals surface area contributed by atoms with Crippen LogP contribution in [0.2, 0.25) is 0 Å². The largest absolute Gasteiger partial charge is 0.380 e. The van der Waals surface area contributed by atoms with Gasteiger partial charge in [-0.2, -0.15) is 8.78 Å². The van der Waals surface area contributed by atoms with Crippen molar-refractivity contribution >= 4 is 29.9 Å². The summed E-state index contributed by atoms with van der Waals surface area (Å²) in [6, 6.07) is 0. The van der Waals surface area contributed by atoms with Gasteiger partial charge in [0.1, 0.15) is 12.4 Å². The summed E-state index contributed by atoms with van der Waals surface area (Å²) in [6.45, 7) is 3.83. The molecule has 0 radical (unpaired) electrons. The molecule has 21 heavy (non-hydrogen) atoms. The van der Waals surface area contributed by atoms with E-state index >= 15 is 0 Å². The summed E-state index contributed by atoms with van der Waals surface area (Å²) in [6.07, 6.45) is 2.58. The van der Waals surface area contributed by atoms with E-state index in [0.29, 0.717) is 32.3 Å². The number of nitrogens with one attached hydrogen (secondary N) is 2. The minimum atomic E-state index is -2.60. The Labute approximate surface area is 140 Å². The van der Waals surface area contributed by atoms with E-state index < -0.39 is 6.55 Å². The molecular weight excluding hydrogens is 395 g/mol. The van der Waals surface area contributed by atoms with Gasteiger partial charge < -0.3 is 15.4 Å². The molecule has 1 aromatic heterocycles. The molecule has 2 N–H and O–H groups in total. The number of imidazole rings is 1. The zero-order valence-corrected chi connectivity index (χ0v) is 14.5. The average molecular weight is 417 g/mol. The summed E-state index contributed by atoms with van der Waals surface area (Å²) < 4.78 is 31.3. The summed E-state index contributed by atoms with van der Waals surface area (Å²) in [5.74, 6) is 0.776. The van der Waals surface area contributed by atoms with Crippen molar-refractivity contribution in [2.45, 2.75) is 26.9 Å². The molecule has 0 aliphatic carbocycles. The Morgan fingerprint density at radius 2 is 2.19 bits per heavy atom. The molecule has 1 aromatic rings. The molecule has 0 unspecified atom stereocenters. The number of aliphatic imine (C=N–C) groups is 1. The minimum Gasteiger partial charge on any atom is -0.380 e. The fourth-order valence-electron chi connectivity index (χ4n) is 1.52. The highest BCUT2D eigenvalue weighted by Crippen LogP contribution is 2.12. The van der Waals surface area contributed by atoms with Crippen molar-refractivity contribution in [1.29, 1.82) is 0 Å². The van der Waals surface area contributed by atoms with Crippen LogP contribution in [0.4, 0.5) is 8.78 Å². The maximum Gasteiger partial charge on any atom is 0.319 e. The maximum atomic E-state index is 12.6. The Morgan fingerprint density at radius 3 is 2.81 bits per heavy atom. The van der Waals surface area contributed by atoms with Crippen LogP contribution in [0.25, 0.3) is 0 Å². The van der Waals surface area contributed by atoms with Gasteiger partial charge in [0, 0.05) is 32.1 Å². The van der Waals surface area contributed by atoms with Crippen LogP contribution in [-0.2, 0) is 11.3 Å². The molecule has 0 saturated heterocycles. The zero-order valence-electron chi connectivity index (χ0n) is 12.2. The van der Waals surface area contributed by atoms with Crippen molar-refractivity contribution in [3.05, 3.63) is 18.2 Å². The summed E-state index contributed by atoms with van der Waals surface area (Å²) in [5, 5.41) is 6.09. The number of hydrogen-bond acceptors (Lipinski definition) is 3. The van der Waals surface area contributed by atoms with E-state index in [1.54, 1.807) is 0 Å². The topological polar surface area (TPSA) is 63.5 Å². The fourth-order valence-corrected chi connectivity index (χ4v) is 1.52. The smallest absolute Gasteiger partial charge is 0.319 e. The van der Waals surface area contributed by atoms with Gasteiger partial charge >= 0.3 is 6.55 Å². The maximum absolute atomic E-state index is 12.6. The van der Waals surface area contributed by atoms with Gasteiger partial charge in [-0.1, -0.05) is 0 Å². The third-order valence-electron chi connectivity index (χ3n) is 2.42. The second kappa shape index (κ2) is 11.7. The van der Waals surface area contributed by atoms with Crippen molar-refractivity contribution < 1.29 is 13.5 Å². The van der Waals surface area contributed by atoms with Crippen molar-refractivity contribution in [3.8, 4) is 0 Å². The molecule has 0 amide bonds. The van der Waals surface area contributed by atoms with Gasteiger partial charge in [-0.15, -0.1) is 24.0 Å². The predicted octanol–water partition coefficient (Wildman–Crippen LogP) is 1.99. The van der Waals surface area contributed by atoms with E-state index in [1.165, 1.54) is 12.4 Å². The first-order chi connectivity index (χ1) is 9.69. The molecule has 1 rings (SSSR count). The Kier molecular flexibility index (Phi) is 11.1. The fraction of sp³-hybridized carbons (Fsp3) is 0.667. The summed E-state index contributed by atoms with van der Waals surface area (Å²) >= 11 is 0. The monoisotopic (exact) mass is 417 g/mol. The zero-order chi connectivity index (χ0) is 14.8. The van der Waals surface area contributed by atoms with E-state index in [-0.39, 0.29) is 36.3 Å². The first-order valence-electron chi connectivity index (χ1n) is 6.58. The first-order valence-corrected chi connectivity index (χ1v) is 6.58. The van der Waals surface area contributed by atoms with E-state index in [4.69, 9.17) is 4.74 Å². The molecule has 122 valence electrons. The highest BCUT2D eigenvalue weighted by molar-refractivity contribution is 14.0. The molecule has 0 atom stereocenters. The number of nitrogens with zero attached hydrogens (tertiary/aromatic N) is 3. The standard InChI is InChI=1S/C12H21F2N5O.HI/c1-3-15-12(17-6-8-20-4-2)18-9-10-16-5-7-19(10)11(13)14;/h5,7,11H,3-4,6,8-9H2,1-2H3,(H2,15,17,18);1H. The van der Waals surface area contributed by atoms with Gasteiger partial charge in [0.2, 0.25) is 0 Å². The molecule has 6 nitrogen and oxygen atoms in total. The van der Waals surface area contributed by atoms with E-state index in [1.807, 2.05) is 13.8 Å². The van der Waals surface area contributed by atoms with Crippen molar-refractivity contribution in [1.82, 2.24) is 20.2 Å². The first kappa shape index (κ1) is 20.0. The Morgan fingerprint density at radius 1 is 1.43 bits per heavy atom. The third kappa shape index (κ3) is 7.55. The molecule has 0 fully saturated rings. The minimum absolute atomic E-state index is 0. The van der Waals surface area contributed by atoms with Crippen LogP contribution >= 0.6 is 24.0 Å². The lowest BCUT2D eigenvalue weighted by Crippen LogP contribution is -2.39. The van der Waals surface area contributed by atoms with Gasteiger partial charge in [0.15, 0.2) is 5.96 Å². The Hall–Kier alpha value is -0.970. The highest BCUT2D eigenvalue weighted by Gasteiger charge is 2.10. The summed E-state index contributed by atoms with van der Waals surface area (Å²) in [4.78, 5) is 8.09. The Bertz CT molecular complexity index is 414. The molecule has 0 aliphatic heterocycles. The third-order valence-corrected chi connectivity index (χ3v) is 2.42. The number of aromatic nitrogens is 2. The van der Waals surface area contributed by atoms with Crippen LogP contribution in [0.5, 0.6) is 0 Å². The molecule has 1 heterocycles. The normalized spacial score (nSPS) is 11.4. The van der Waals surface area contributed by atoms with Crippen LogP contribution in [0.1, 0.15) is 26.2 Å². The van der Waals surface area contributed by atoms with Gasteiger partial charge in [-0.3, -0.25) is 4.57 Å². The number of alkyl halides is 2. The van der Waals surface area contributed by atoms with Gasteiger partial charge in [0.25, 0.3) is 0 Å². The second-order valence-corrected chi connectivity index (χ2v) is 3.85. The van der Waals surface area contributed by atoms with Crippen molar-refractivity contribution in [3.63, 3.8) is 0 Å². The number of ether oxygens (including phenoxy) is 1. The number of guanidine groups is 1. The molecule has 0 spiro atoms. The molecule has 0 aromatic carbocycles. The van der Waals surface area contributed by atoms with Crippen molar-refractivity contribution in [2.75, 3.05) is 26.3 Å². The lowest BCUT2D eigenvalue weighted by Gasteiger charge is -2.11. The van der Waals surface area contributed by atoms with Gasteiger partial charge in [-0.05, 0) is 13.8 Å².